The third-order valence-corrected chi connectivity index (χ3v) is 4.14. The van der Waals surface area contributed by atoms with E-state index in [0.29, 0.717) is 12.0 Å². The summed E-state index contributed by atoms with van der Waals surface area (Å²) in [5.74, 6) is -0.0669. The van der Waals surface area contributed by atoms with E-state index in [1.54, 1.807) is 0 Å². The van der Waals surface area contributed by atoms with Crippen LogP contribution in [0.25, 0.3) is 0 Å². The maximum atomic E-state index is 12.4. The predicted molar refractivity (Wildman–Crippen MR) is 87.9 cm³/mol. The molecule has 0 spiro atoms. The van der Waals surface area contributed by atoms with Crippen molar-refractivity contribution < 1.29 is 9.53 Å². The Morgan fingerprint density at radius 3 is 2.19 bits per heavy atom. The molecule has 0 saturated carbocycles. The molecule has 0 aliphatic rings. The Hall–Kier alpha value is -1.31. The molecule has 0 aliphatic heterocycles. The van der Waals surface area contributed by atoms with Crippen molar-refractivity contribution in [3.63, 3.8) is 0 Å². The van der Waals surface area contributed by atoms with Gasteiger partial charge in [0.25, 0.3) is 0 Å². The van der Waals surface area contributed by atoms with Crippen molar-refractivity contribution in [2.75, 3.05) is 0 Å². The normalized spacial score (nSPS) is 14.5. The number of hydrogen-bond donors (Lipinski definition) is 0. The van der Waals surface area contributed by atoms with Crippen LogP contribution in [0.2, 0.25) is 0 Å². The van der Waals surface area contributed by atoms with E-state index in [1.165, 1.54) is 0 Å². The van der Waals surface area contributed by atoms with Crippen LogP contribution in [0.5, 0.6) is 0 Å². The zero-order valence-electron chi connectivity index (χ0n) is 14.2. The summed E-state index contributed by atoms with van der Waals surface area (Å²) < 4.78 is 5.53. The van der Waals surface area contributed by atoms with Gasteiger partial charge in [0.1, 0.15) is 6.61 Å². The smallest absolute Gasteiger partial charge is 0.312 e. The first-order valence-electron chi connectivity index (χ1n) is 7.98. The van der Waals surface area contributed by atoms with E-state index >= 15 is 0 Å². The molecule has 118 valence electrons. The Bertz CT molecular complexity index is 431. The second-order valence-electron chi connectivity index (χ2n) is 7.39. The van der Waals surface area contributed by atoms with Gasteiger partial charge >= 0.3 is 5.97 Å². The average Bonchev–Trinajstić information content (AvgIpc) is 2.44. The van der Waals surface area contributed by atoms with Crippen LogP contribution in [-0.2, 0) is 16.1 Å². The molecule has 21 heavy (non-hydrogen) atoms. The first-order valence-corrected chi connectivity index (χ1v) is 7.98. The van der Waals surface area contributed by atoms with Crippen LogP contribution in [0, 0.1) is 10.8 Å². The number of esters is 1. The largest absolute Gasteiger partial charge is 0.460 e. The van der Waals surface area contributed by atoms with Crippen molar-refractivity contribution in [1.29, 1.82) is 0 Å². The predicted octanol–water partition coefficient (Wildman–Crippen LogP) is 5.36. The fourth-order valence-corrected chi connectivity index (χ4v) is 2.33. The molecule has 1 atom stereocenters. The van der Waals surface area contributed by atoms with Crippen LogP contribution in [0.1, 0.15) is 65.9 Å². The monoisotopic (exact) mass is 290 g/mol. The van der Waals surface area contributed by atoms with E-state index in [1.807, 2.05) is 37.3 Å². The summed E-state index contributed by atoms with van der Waals surface area (Å²) in [6, 6.07) is 9.86. The lowest BCUT2D eigenvalue weighted by Crippen LogP contribution is -2.29. The van der Waals surface area contributed by atoms with Crippen molar-refractivity contribution in [3.05, 3.63) is 35.9 Å². The van der Waals surface area contributed by atoms with Gasteiger partial charge in [0.2, 0.25) is 0 Å². The lowest BCUT2D eigenvalue weighted by atomic mass is 9.79. The minimum atomic E-state index is -0.361. The van der Waals surface area contributed by atoms with Gasteiger partial charge in [-0.15, -0.1) is 0 Å². The molecule has 2 nitrogen and oxygen atoms in total. The number of carbonyl (C=O) groups excluding carboxylic acids is 1. The van der Waals surface area contributed by atoms with E-state index in [9.17, 15) is 4.79 Å². The summed E-state index contributed by atoms with van der Waals surface area (Å²) in [5.41, 5.74) is 1.00. The highest BCUT2D eigenvalue weighted by Crippen LogP contribution is 2.33. The molecule has 0 fully saturated rings. The van der Waals surface area contributed by atoms with Crippen LogP contribution in [0.4, 0.5) is 0 Å². The third kappa shape index (κ3) is 6.33. The summed E-state index contributed by atoms with van der Waals surface area (Å²) in [7, 11) is 0. The van der Waals surface area contributed by atoms with Crippen LogP contribution >= 0.6 is 0 Å². The van der Waals surface area contributed by atoms with E-state index in [-0.39, 0.29) is 11.4 Å². The molecular formula is C19H30O2. The topological polar surface area (TPSA) is 26.3 Å². The van der Waals surface area contributed by atoms with E-state index in [2.05, 4.69) is 27.7 Å². The minimum Gasteiger partial charge on any atom is -0.460 e. The first-order chi connectivity index (χ1) is 9.77. The molecular weight excluding hydrogens is 260 g/mol. The van der Waals surface area contributed by atoms with Crippen molar-refractivity contribution in [2.24, 2.45) is 10.8 Å². The standard InChI is InChI=1S/C19H30O2/c1-6-19(5,14-10-13-18(2,3)4)17(20)21-15-16-11-8-7-9-12-16/h7-9,11-12H,6,10,13-15H2,1-5H3. The summed E-state index contributed by atoms with van der Waals surface area (Å²) >= 11 is 0. The molecule has 2 heteroatoms. The Labute approximate surface area is 129 Å². The quantitative estimate of drug-likeness (QED) is 0.632. The van der Waals surface area contributed by atoms with Crippen LogP contribution in [0.15, 0.2) is 30.3 Å². The molecule has 0 saturated heterocycles. The maximum absolute atomic E-state index is 12.4. The Morgan fingerprint density at radius 2 is 1.67 bits per heavy atom. The fraction of sp³-hybridized carbons (Fsp3) is 0.632. The molecule has 0 amide bonds. The van der Waals surface area contributed by atoms with Crippen molar-refractivity contribution in [3.8, 4) is 0 Å². The molecule has 1 unspecified atom stereocenters. The lowest BCUT2D eigenvalue weighted by molar-refractivity contribution is -0.157. The second-order valence-corrected chi connectivity index (χ2v) is 7.39. The van der Waals surface area contributed by atoms with Crippen LogP contribution in [0.3, 0.4) is 0 Å². The Morgan fingerprint density at radius 1 is 1.05 bits per heavy atom. The maximum Gasteiger partial charge on any atom is 0.312 e. The van der Waals surface area contributed by atoms with Gasteiger partial charge in [-0.25, -0.2) is 0 Å². The van der Waals surface area contributed by atoms with E-state index in [0.717, 1.165) is 31.2 Å². The first kappa shape index (κ1) is 17.7. The number of benzene rings is 1. The molecule has 1 aromatic rings. The third-order valence-electron chi connectivity index (χ3n) is 4.14. The van der Waals surface area contributed by atoms with Crippen LogP contribution in [-0.4, -0.2) is 5.97 Å². The van der Waals surface area contributed by atoms with Crippen molar-refractivity contribution in [2.45, 2.75) is 66.9 Å². The van der Waals surface area contributed by atoms with Gasteiger partial charge in [-0.2, -0.15) is 0 Å². The van der Waals surface area contributed by atoms with Crippen molar-refractivity contribution in [1.82, 2.24) is 0 Å². The SMILES string of the molecule is CCC(C)(CCCC(C)(C)C)C(=O)OCc1ccccc1. The number of rotatable bonds is 7. The van der Waals surface area contributed by atoms with Gasteiger partial charge in [0.05, 0.1) is 5.41 Å². The fourth-order valence-electron chi connectivity index (χ4n) is 2.33. The molecule has 0 aromatic heterocycles. The molecule has 1 aromatic carbocycles. The van der Waals surface area contributed by atoms with Gasteiger partial charge in [-0.1, -0.05) is 64.4 Å². The molecule has 0 radical (unpaired) electrons. The molecule has 0 aliphatic carbocycles. The highest BCUT2D eigenvalue weighted by Gasteiger charge is 2.32. The average molecular weight is 290 g/mol. The zero-order valence-corrected chi connectivity index (χ0v) is 14.2. The number of hydrogen-bond acceptors (Lipinski definition) is 2. The van der Waals surface area contributed by atoms with E-state index in [4.69, 9.17) is 4.74 Å². The van der Waals surface area contributed by atoms with Gasteiger partial charge in [0.15, 0.2) is 0 Å². The highest BCUT2D eigenvalue weighted by molar-refractivity contribution is 5.76. The molecule has 1 rings (SSSR count). The van der Waals surface area contributed by atoms with Gasteiger partial charge in [-0.3, -0.25) is 4.79 Å². The highest BCUT2D eigenvalue weighted by atomic mass is 16.5. The van der Waals surface area contributed by atoms with Crippen LogP contribution < -0.4 is 0 Å². The number of carbonyl (C=O) groups is 1. The summed E-state index contributed by atoms with van der Waals surface area (Å²) in [5, 5.41) is 0. The second kappa shape index (κ2) is 7.63. The molecule has 0 N–H and O–H groups in total. The lowest BCUT2D eigenvalue weighted by Gasteiger charge is -2.27. The zero-order chi connectivity index (χ0) is 15.9. The molecule has 0 bridgehead atoms. The summed E-state index contributed by atoms with van der Waals surface area (Å²) in [6.07, 6.45) is 3.92. The molecule has 0 heterocycles. The van der Waals surface area contributed by atoms with E-state index < -0.39 is 0 Å². The van der Waals surface area contributed by atoms with Gasteiger partial charge in [-0.05, 0) is 37.2 Å². The Kier molecular flexibility index (Phi) is 6.44. The minimum absolute atomic E-state index is 0.0669. The Balaban J connectivity index is 2.51. The summed E-state index contributed by atoms with van der Waals surface area (Å²) in [4.78, 5) is 12.4. The van der Waals surface area contributed by atoms with Crippen molar-refractivity contribution >= 4 is 5.97 Å². The van der Waals surface area contributed by atoms with Gasteiger partial charge < -0.3 is 4.74 Å². The summed E-state index contributed by atoms with van der Waals surface area (Å²) in [6.45, 7) is 11.2. The number of ether oxygens (including phenoxy) is 1. The van der Waals surface area contributed by atoms with Gasteiger partial charge in [0, 0.05) is 0 Å².